The molecule has 0 fully saturated rings. The first-order valence-electron chi connectivity index (χ1n) is 5.35. The minimum Gasteiger partial charge on any atom is -0.323 e. The highest BCUT2D eigenvalue weighted by atomic mass is 35.5. The van der Waals surface area contributed by atoms with Gasteiger partial charge in [0.15, 0.2) is 0 Å². The molecule has 2 rings (SSSR count). The summed E-state index contributed by atoms with van der Waals surface area (Å²) in [6.45, 7) is 2.11. The first kappa shape index (κ1) is 13.0. The second-order valence-electron chi connectivity index (χ2n) is 3.84. The number of halogens is 1. The van der Waals surface area contributed by atoms with E-state index in [1.54, 1.807) is 23.1 Å². The first-order valence-corrected chi connectivity index (χ1v) is 7.59. The van der Waals surface area contributed by atoms with Crippen molar-refractivity contribution in [1.82, 2.24) is 0 Å². The van der Waals surface area contributed by atoms with E-state index in [9.17, 15) is 0 Å². The fourth-order valence-electron chi connectivity index (χ4n) is 1.58. The molecule has 1 heterocycles. The molecule has 90 valence electrons. The molecule has 1 aromatic heterocycles. The molecule has 1 atom stereocenters. The lowest BCUT2D eigenvalue weighted by Gasteiger charge is -2.10. The van der Waals surface area contributed by atoms with Crippen LogP contribution in [0.2, 0.25) is 5.02 Å². The molecule has 0 aliphatic rings. The normalized spacial score (nSPS) is 12.6. The predicted molar refractivity (Wildman–Crippen MR) is 78.2 cm³/mol. The molecule has 1 aromatic carbocycles. The summed E-state index contributed by atoms with van der Waals surface area (Å²) in [7, 11) is 0. The highest BCUT2D eigenvalue weighted by Crippen LogP contribution is 2.29. The number of rotatable bonds is 4. The summed E-state index contributed by atoms with van der Waals surface area (Å²) in [5.41, 5.74) is 7.47. The van der Waals surface area contributed by atoms with Crippen LogP contribution in [0.15, 0.2) is 40.6 Å². The Kier molecular flexibility index (Phi) is 4.51. The third-order valence-electron chi connectivity index (χ3n) is 2.46. The molecule has 17 heavy (non-hydrogen) atoms. The molecular formula is C13H14ClNS2. The lowest BCUT2D eigenvalue weighted by atomic mass is 10.2. The standard InChI is InChI=1S/C13H14ClNS2/c1-9-5-6-16-13(9)12(15)8-17-11-4-2-3-10(14)7-11/h2-7,12H,8,15H2,1H3. The van der Waals surface area contributed by atoms with Crippen LogP contribution in [0, 0.1) is 6.92 Å². The maximum Gasteiger partial charge on any atom is 0.0487 e. The number of hydrogen-bond acceptors (Lipinski definition) is 3. The Morgan fingerprint density at radius 1 is 1.41 bits per heavy atom. The highest BCUT2D eigenvalue weighted by molar-refractivity contribution is 7.99. The Hall–Kier alpha value is -0.480. The molecule has 2 aromatic rings. The fraction of sp³-hybridized carbons (Fsp3) is 0.231. The average molecular weight is 284 g/mol. The van der Waals surface area contributed by atoms with Crippen LogP contribution in [0.5, 0.6) is 0 Å². The average Bonchev–Trinajstić information content (AvgIpc) is 2.72. The Balaban J connectivity index is 1.97. The number of thiophene rings is 1. The van der Waals surface area contributed by atoms with Crippen molar-refractivity contribution in [3.05, 3.63) is 51.2 Å². The monoisotopic (exact) mass is 283 g/mol. The van der Waals surface area contributed by atoms with Gasteiger partial charge in [0.05, 0.1) is 0 Å². The van der Waals surface area contributed by atoms with Crippen LogP contribution in [0.1, 0.15) is 16.5 Å². The van der Waals surface area contributed by atoms with Gasteiger partial charge in [-0.3, -0.25) is 0 Å². The van der Waals surface area contributed by atoms with Gasteiger partial charge in [0.1, 0.15) is 0 Å². The number of aryl methyl sites for hydroxylation is 1. The van der Waals surface area contributed by atoms with Crippen molar-refractivity contribution >= 4 is 34.7 Å². The fourth-order valence-corrected chi connectivity index (χ4v) is 3.80. The van der Waals surface area contributed by atoms with Gasteiger partial charge in [-0.25, -0.2) is 0 Å². The van der Waals surface area contributed by atoms with E-state index in [2.05, 4.69) is 24.4 Å². The van der Waals surface area contributed by atoms with Gasteiger partial charge in [-0.2, -0.15) is 0 Å². The Bertz CT molecular complexity index is 496. The topological polar surface area (TPSA) is 26.0 Å². The van der Waals surface area contributed by atoms with Crippen molar-refractivity contribution in [2.75, 3.05) is 5.75 Å². The van der Waals surface area contributed by atoms with Crippen LogP contribution < -0.4 is 5.73 Å². The number of thioether (sulfide) groups is 1. The number of hydrogen-bond donors (Lipinski definition) is 1. The summed E-state index contributed by atoms with van der Waals surface area (Å²) in [6.07, 6.45) is 0. The summed E-state index contributed by atoms with van der Waals surface area (Å²) in [4.78, 5) is 2.45. The van der Waals surface area contributed by atoms with E-state index in [-0.39, 0.29) is 6.04 Å². The molecule has 1 nitrogen and oxygen atoms in total. The molecule has 4 heteroatoms. The predicted octanol–water partition coefficient (Wildman–Crippen LogP) is 4.50. The van der Waals surface area contributed by atoms with Crippen LogP contribution in [0.25, 0.3) is 0 Å². The van der Waals surface area contributed by atoms with E-state index in [0.29, 0.717) is 0 Å². The zero-order valence-electron chi connectivity index (χ0n) is 9.52. The smallest absolute Gasteiger partial charge is 0.0487 e. The second-order valence-corrected chi connectivity index (χ2v) is 6.32. The van der Waals surface area contributed by atoms with Gasteiger partial charge in [0, 0.05) is 26.6 Å². The Labute approximate surface area is 115 Å². The summed E-state index contributed by atoms with van der Waals surface area (Å²) < 4.78 is 0. The van der Waals surface area contributed by atoms with Crippen LogP contribution in [0.3, 0.4) is 0 Å². The zero-order chi connectivity index (χ0) is 12.3. The van der Waals surface area contributed by atoms with Crippen LogP contribution in [-0.4, -0.2) is 5.75 Å². The molecule has 0 amide bonds. The van der Waals surface area contributed by atoms with E-state index >= 15 is 0 Å². The van der Waals surface area contributed by atoms with E-state index in [1.807, 2.05) is 18.2 Å². The molecule has 0 saturated carbocycles. The second kappa shape index (κ2) is 5.91. The van der Waals surface area contributed by atoms with Crippen molar-refractivity contribution in [2.24, 2.45) is 5.73 Å². The molecule has 0 aliphatic carbocycles. The summed E-state index contributed by atoms with van der Waals surface area (Å²) >= 11 is 9.42. The molecule has 1 unspecified atom stereocenters. The third kappa shape index (κ3) is 3.49. The van der Waals surface area contributed by atoms with Crippen LogP contribution >= 0.6 is 34.7 Å². The quantitative estimate of drug-likeness (QED) is 0.836. The highest BCUT2D eigenvalue weighted by Gasteiger charge is 2.10. The SMILES string of the molecule is Cc1ccsc1C(N)CSc1cccc(Cl)c1. The summed E-state index contributed by atoms with van der Waals surface area (Å²) in [5.74, 6) is 0.877. The zero-order valence-corrected chi connectivity index (χ0v) is 11.9. The Morgan fingerprint density at radius 3 is 2.88 bits per heavy atom. The van der Waals surface area contributed by atoms with Crippen molar-refractivity contribution < 1.29 is 0 Å². The van der Waals surface area contributed by atoms with E-state index < -0.39 is 0 Å². The molecular weight excluding hydrogens is 270 g/mol. The number of nitrogens with two attached hydrogens (primary N) is 1. The maximum absolute atomic E-state index is 6.18. The van der Waals surface area contributed by atoms with Gasteiger partial charge >= 0.3 is 0 Å². The minimum atomic E-state index is 0.0963. The van der Waals surface area contributed by atoms with Gasteiger partial charge < -0.3 is 5.73 Å². The minimum absolute atomic E-state index is 0.0963. The van der Waals surface area contributed by atoms with Gasteiger partial charge in [0.2, 0.25) is 0 Å². The van der Waals surface area contributed by atoms with Crippen molar-refractivity contribution in [1.29, 1.82) is 0 Å². The third-order valence-corrected chi connectivity index (χ3v) is 4.96. The molecule has 2 N–H and O–H groups in total. The van der Waals surface area contributed by atoms with E-state index in [1.165, 1.54) is 15.3 Å². The van der Waals surface area contributed by atoms with E-state index in [4.69, 9.17) is 17.3 Å². The molecule has 0 aliphatic heterocycles. The van der Waals surface area contributed by atoms with Gasteiger partial charge in [-0.15, -0.1) is 23.1 Å². The van der Waals surface area contributed by atoms with E-state index in [0.717, 1.165) is 10.8 Å². The van der Waals surface area contributed by atoms with Crippen molar-refractivity contribution in [2.45, 2.75) is 17.9 Å². The van der Waals surface area contributed by atoms with Crippen LogP contribution in [0.4, 0.5) is 0 Å². The molecule has 0 bridgehead atoms. The van der Waals surface area contributed by atoms with Gasteiger partial charge in [-0.05, 0) is 42.1 Å². The van der Waals surface area contributed by atoms with Crippen LogP contribution in [-0.2, 0) is 0 Å². The maximum atomic E-state index is 6.18. The number of benzene rings is 1. The lowest BCUT2D eigenvalue weighted by molar-refractivity contribution is 0.844. The lowest BCUT2D eigenvalue weighted by Crippen LogP contribution is -2.12. The largest absolute Gasteiger partial charge is 0.323 e. The summed E-state index contributed by atoms with van der Waals surface area (Å²) in [6, 6.07) is 10.1. The molecule has 0 saturated heterocycles. The summed E-state index contributed by atoms with van der Waals surface area (Å²) in [5, 5.41) is 2.87. The first-order chi connectivity index (χ1) is 8.16. The molecule has 0 spiro atoms. The van der Waals surface area contributed by atoms with Crippen molar-refractivity contribution in [3.63, 3.8) is 0 Å². The van der Waals surface area contributed by atoms with Crippen molar-refractivity contribution in [3.8, 4) is 0 Å². The van der Waals surface area contributed by atoms with Gasteiger partial charge in [0.25, 0.3) is 0 Å². The molecule has 0 radical (unpaired) electrons. The Morgan fingerprint density at radius 2 is 2.24 bits per heavy atom. The van der Waals surface area contributed by atoms with Gasteiger partial charge in [-0.1, -0.05) is 17.7 Å².